The van der Waals surface area contributed by atoms with Crippen LogP contribution in [-0.2, 0) is 0 Å². The average Bonchev–Trinajstić information content (AvgIpc) is 2.14. The molecular weight excluding hydrogens is 158 g/mol. The molecule has 0 spiro atoms. The lowest BCUT2D eigenvalue weighted by atomic mass is 10.1. The molecule has 1 heteroatoms. The zero-order valence-electron chi connectivity index (χ0n) is 9.05. The highest BCUT2D eigenvalue weighted by Crippen LogP contribution is 2.06. The summed E-state index contributed by atoms with van der Waals surface area (Å²) in [5.41, 5.74) is 6.93. The molecule has 0 fully saturated rings. The van der Waals surface area contributed by atoms with Gasteiger partial charge in [0, 0.05) is 0 Å². The summed E-state index contributed by atoms with van der Waals surface area (Å²) in [6, 6.07) is 0. The second kappa shape index (κ2) is 9.53. The molecule has 13 heavy (non-hydrogen) atoms. The Morgan fingerprint density at radius 3 is 2.38 bits per heavy atom. The minimum Gasteiger partial charge on any atom is -0.330 e. The molecule has 0 aromatic carbocycles. The zero-order valence-corrected chi connectivity index (χ0v) is 9.05. The maximum atomic E-state index is 5.53. The van der Waals surface area contributed by atoms with E-state index in [0.717, 1.165) is 13.0 Å². The van der Waals surface area contributed by atoms with Crippen LogP contribution in [0.4, 0.5) is 0 Å². The molecule has 0 atom stereocenters. The number of hydrogen-bond donors (Lipinski definition) is 1. The highest BCUT2D eigenvalue weighted by Gasteiger charge is 1.89. The molecule has 0 heterocycles. The van der Waals surface area contributed by atoms with Crippen LogP contribution < -0.4 is 5.73 Å². The van der Waals surface area contributed by atoms with E-state index in [0.29, 0.717) is 0 Å². The minimum atomic E-state index is 0.756. The molecule has 0 radical (unpaired) electrons. The molecule has 0 saturated heterocycles. The normalized spacial score (nSPS) is 12.7. The summed E-state index contributed by atoms with van der Waals surface area (Å²) in [6.07, 6.45) is 12.6. The van der Waals surface area contributed by atoms with E-state index in [1.165, 1.54) is 31.3 Å². The van der Waals surface area contributed by atoms with E-state index in [2.05, 4.69) is 32.1 Å². The lowest BCUT2D eigenvalue weighted by Crippen LogP contribution is -1.99. The molecule has 0 unspecified atom stereocenters. The molecule has 76 valence electrons. The largest absolute Gasteiger partial charge is 0.330 e. The fourth-order valence-electron chi connectivity index (χ4n) is 1.15. The van der Waals surface area contributed by atoms with Crippen molar-refractivity contribution < 1.29 is 0 Å². The molecule has 0 aliphatic heterocycles. The predicted molar refractivity (Wildman–Crippen MR) is 60.7 cm³/mol. The Labute approximate surface area is 82.7 Å². The molecule has 0 aromatic heterocycles. The summed E-state index contributed by atoms with van der Waals surface area (Å²) in [6.45, 7) is 5.15. The van der Waals surface area contributed by atoms with Gasteiger partial charge in [0.15, 0.2) is 0 Å². The smallest absolute Gasteiger partial charge is 0.00368 e. The van der Waals surface area contributed by atoms with Gasteiger partial charge in [0.25, 0.3) is 0 Å². The van der Waals surface area contributed by atoms with Crippen molar-refractivity contribution in [1.82, 2.24) is 0 Å². The first-order valence-corrected chi connectivity index (χ1v) is 5.40. The van der Waals surface area contributed by atoms with E-state index in [4.69, 9.17) is 5.73 Å². The third-order valence-corrected chi connectivity index (χ3v) is 1.92. The first kappa shape index (κ1) is 12.4. The van der Waals surface area contributed by atoms with Gasteiger partial charge in [-0.2, -0.15) is 0 Å². The van der Waals surface area contributed by atoms with Gasteiger partial charge in [-0.15, -0.1) is 0 Å². The summed E-state index contributed by atoms with van der Waals surface area (Å²) in [5, 5.41) is 0. The van der Waals surface area contributed by atoms with Crippen LogP contribution in [0, 0.1) is 0 Å². The van der Waals surface area contributed by atoms with Gasteiger partial charge in [-0.05, 0) is 25.8 Å². The first-order valence-electron chi connectivity index (χ1n) is 5.40. The Bertz CT molecular complexity index is 157. The monoisotopic (exact) mass is 181 g/mol. The Morgan fingerprint density at radius 2 is 1.85 bits per heavy atom. The van der Waals surface area contributed by atoms with Crippen molar-refractivity contribution >= 4 is 0 Å². The number of rotatable bonds is 7. The van der Waals surface area contributed by atoms with Gasteiger partial charge >= 0.3 is 0 Å². The van der Waals surface area contributed by atoms with Crippen LogP contribution in [0.3, 0.4) is 0 Å². The van der Waals surface area contributed by atoms with E-state index in [1.807, 2.05) is 0 Å². The Kier molecular flexibility index (Phi) is 9.12. The van der Waals surface area contributed by atoms with E-state index in [-0.39, 0.29) is 0 Å². The van der Waals surface area contributed by atoms with Crippen LogP contribution in [0.1, 0.15) is 46.0 Å². The summed E-state index contributed by atoms with van der Waals surface area (Å²) < 4.78 is 0. The summed E-state index contributed by atoms with van der Waals surface area (Å²) >= 11 is 0. The maximum Gasteiger partial charge on any atom is -0.00368 e. The van der Waals surface area contributed by atoms with Crippen molar-refractivity contribution in [2.24, 2.45) is 5.73 Å². The standard InChI is InChI=1S/C12H23N/c1-3-5-7-9-12(10-11-13)8-6-4-2/h7-9H,3-6,10-11,13H2,1-2H3/b9-7-,12-8+. The van der Waals surface area contributed by atoms with Gasteiger partial charge in [0.05, 0.1) is 0 Å². The lowest BCUT2D eigenvalue weighted by Gasteiger charge is -1.99. The molecule has 0 amide bonds. The third-order valence-electron chi connectivity index (χ3n) is 1.92. The lowest BCUT2D eigenvalue weighted by molar-refractivity contribution is 0.912. The maximum absolute atomic E-state index is 5.53. The molecule has 1 nitrogen and oxygen atoms in total. The second-order valence-corrected chi connectivity index (χ2v) is 3.30. The molecule has 0 aromatic rings. The van der Waals surface area contributed by atoms with E-state index >= 15 is 0 Å². The van der Waals surface area contributed by atoms with Crippen molar-refractivity contribution in [3.05, 3.63) is 23.8 Å². The van der Waals surface area contributed by atoms with Crippen LogP contribution in [0.5, 0.6) is 0 Å². The Hall–Kier alpha value is -0.560. The van der Waals surface area contributed by atoms with E-state index < -0.39 is 0 Å². The minimum absolute atomic E-state index is 0.756. The van der Waals surface area contributed by atoms with Crippen molar-refractivity contribution in [2.45, 2.75) is 46.0 Å². The van der Waals surface area contributed by atoms with Gasteiger partial charge in [0.1, 0.15) is 0 Å². The zero-order chi connectivity index (χ0) is 9.94. The Balaban J connectivity index is 3.92. The second-order valence-electron chi connectivity index (χ2n) is 3.30. The molecule has 2 N–H and O–H groups in total. The first-order chi connectivity index (χ1) is 6.35. The molecule has 0 rings (SSSR count). The number of unbranched alkanes of at least 4 members (excludes halogenated alkanes) is 2. The highest BCUT2D eigenvalue weighted by molar-refractivity contribution is 5.18. The molecule has 0 aliphatic rings. The predicted octanol–water partition coefficient (Wildman–Crippen LogP) is 3.42. The topological polar surface area (TPSA) is 26.0 Å². The molecule has 0 bridgehead atoms. The van der Waals surface area contributed by atoms with Crippen LogP contribution in [0.25, 0.3) is 0 Å². The van der Waals surface area contributed by atoms with Crippen molar-refractivity contribution in [3.63, 3.8) is 0 Å². The van der Waals surface area contributed by atoms with Gasteiger partial charge in [-0.25, -0.2) is 0 Å². The quantitative estimate of drug-likeness (QED) is 0.598. The van der Waals surface area contributed by atoms with Crippen LogP contribution >= 0.6 is 0 Å². The van der Waals surface area contributed by atoms with Crippen molar-refractivity contribution in [2.75, 3.05) is 6.54 Å². The fraction of sp³-hybridized carbons (Fsp3) is 0.667. The molecular formula is C12H23N. The van der Waals surface area contributed by atoms with Crippen molar-refractivity contribution in [1.29, 1.82) is 0 Å². The average molecular weight is 181 g/mol. The highest BCUT2D eigenvalue weighted by atomic mass is 14.5. The number of allylic oxidation sites excluding steroid dienone is 3. The summed E-state index contributed by atoms with van der Waals surface area (Å²) in [5.74, 6) is 0. The van der Waals surface area contributed by atoms with Gasteiger partial charge < -0.3 is 5.73 Å². The van der Waals surface area contributed by atoms with Gasteiger partial charge in [-0.3, -0.25) is 0 Å². The van der Waals surface area contributed by atoms with E-state index in [1.54, 1.807) is 0 Å². The van der Waals surface area contributed by atoms with Crippen LogP contribution in [0.2, 0.25) is 0 Å². The van der Waals surface area contributed by atoms with Gasteiger partial charge in [0.2, 0.25) is 0 Å². The van der Waals surface area contributed by atoms with Gasteiger partial charge in [-0.1, -0.05) is 50.5 Å². The molecule has 0 aliphatic carbocycles. The fourth-order valence-corrected chi connectivity index (χ4v) is 1.15. The van der Waals surface area contributed by atoms with Crippen molar-refractivity contribution in [3.8, 4) is 0 Å². The summed E-state index contributed by atoms with van der Waals surface area (Å²) in [4.78, 5) is 0. The SMILES string of the molecule is CCC/C=C\C(=C/CCC)CCN. The number of nitrogens with two attached hydrogens (primary N) is 1. The van der Waals surface area contributed by atoms with E-state index in [9.17, 15) is 0 Å². The van der Waals surface area contributed by atoms with Crippen LogP contribution in [0.15, 0.2) is 23.8 Å². The summed E-state index contributed by atoms with van der Waals surface area (Å²) in [7, 11) is 0. The number of hydrogen-bond acceptors (Lipinski definition) is 1. The third kappa shape index (κ3) is 7.79. The Morgan fingerprint density at radius 1 is 1.15 bits per heavy atom. The van der Waals surface area contributed by atoms with Crippen LogP contribution in [-0.4, -0.2) is 6.54 Å². The molecule has 0 saturated carbocycles.